The molecule has 3 rings (SSSR count). The van der Waals surface area contributed by atoms with Crippen molar-refractivity contribution in [1.82, 2.24) is 24.6 Å². The lowest BCUT2D eigenvalue weighted by Crippen LogP contribution is -2.24. The molecule has 0 unspecified atom stereocenters. The standard InChI is InChI=1S/C17H21N5O/c1-13(17-19-14(2)20-23-17)21(3)12-16-18-9-10-22(16)11-15-7-5-4-6-8-15/h4-10,13H,11-12H2,1-3H3/t13-/m0/s1. The highest BCUT2D eigenvalue weighted by atomic mass is 16.5. The maximum atomic E-state index is 5.26. The van der Waals surface area contributed by atoms with Gasteiger partial charge in [0, 0.05) is 18.9 Å². The number of aryl methyl sites for hydroxylation is 1. The highest BCUT2D eigenvalue weighted by Crippen LogP contribution is 2.18. The van der Waals surface area contributed by atoms with Crippen LogP contribution in [-0.2, 0) is 13.1 Å². The summed E-state index contributed by atoms with van der Waals surface area (Å²) >= 11 is 0. The summed E-state index contributed by atoms with van der Waals surface area (Å²) in [5, 5.41) is 3.86. The maximum absolute atomic E-state index is 5.26. The van der Waals surface area contributed by atoms with E-state index in [9.17, 15) is 0 Å². The molecule has 1 atom stereocenters. The van der Waals surface area contributed by atoms with E-state index in [1.807, 2.05) is 32.4 Å². The summed E-state index contributed by atoms with van der Waals surface area (Å²) in [7, 11) is 2.03. The summed E-state index contributed by atoms with van der Waals surface area (Å²) in [6.45, 7) is 5.41. The van der Waals surface area contributed by atoms with Gasteiger partial charge in [0.05, 0.1) is 12.6 Å². The number of aromatic nitrogens is 4. The van der Waals surface area contributed by atoms with Gasteiger partial charge < -0.3 is 9.09 Å². The van der Waals surface area contributed by atoms with Crippen molar-refractivity contribution in [3.8, 4) is 0 Å². The van der Waals surface area contributed by atoms with Gasteiger partial charge in [-0.05, 0) is 26.5 Å². The molecular formula is C17H21N5O. The van der Waals surface area contributed by atoms with E-state index in [4.69, 9.17) is 4.52 Å². The van der Waals surface area contributed by atoms with Crippen LogP contribution in [0.1, 0.15) is 36.1 Å². The third-order valence-corrected chi connectivity index (χ3v) is 3.95. The van der Waals surface area contributed by atoms with Crippen molar-refractivity contribution in [3.63, 3.8) is 0 Å². The highest BCUT2D eigenvalue weighted by Gasteiger charge is 2.19. The van der Waals surface area contributed by atoms with E-state index < -0.39 is 0 Å². The van der Waals surface area contributed by atoms with Gasteiger partial charge in [-0.3, -0.25) is 4.90 Å². The lowest BCUT2D eigenvalue weighted by Gasteiger charge is -2.21. The van der Waals surface area contributed by atoms with Gasteiger partial charge in [0.15, 0.2) is 5.82 Å². The normalized spacial score (nSPS) is 12.7. The SMILES string of the molecule is Cc1noc([C@H](C)N(C)Cc2nccn2Cc2ccccc2)n1. The van der Waals surface area contributed by atoms with Crippen LogP contribution in [0.15, 0.2) is 47.2 Å². The minimum Gasteiger partial charge on any atom is -0.338 e. The van der Waals surface area contributed by atoms with Crippen LogP contribution < -0.4 is 0 Å². The van der Waals surface area contributed by atoms with Gasteiger partial charge in [0.1, 0.15) is 5.82 Å². The Labute approximate surface area is 135 Å². The van der Waals surface area contributed by atoms with E-state index in [0.29, 0.717) is 18.3 Å². The third-order valence-electron chi connectivity index (χ3n) is 3.95. The van der Waals surface area contributed by atoms with Crippen LogP contribution >= 0.6 is 0 Å². The van der Waals surface area contributed by atoms with Crippen molar-refractivity contribution in [2.24, 2.45) is 0 Å². The monoisotopic (exact) mass is 311 g/mol. The third kappa shape index (κ3) is 3.65. The summed E-state index contributed by atoms with van der Waals surface area (Å²) in [6, 6.07) is 10.4. The zero-order valence-electron chi connectivity index (χ0n) is 13.7. The zero-order chi connectivity index (χ0) is 16.2. The fourth-order valence-electron chi connectivity index (χ4n) is 2.45. The van der Waals surface area contributed by atoms with Crippen LogP contribution in [0, 0.1) is 6.92 Å². The Morgan fingerprint density at radius 1 is 1.26 bits per heavy atom. The molecule has 0 aliphatic rings. The average molecular weight is 311 g/mol. The molecule has 6 heteroatoms. The van der Waals surface area contributed by atoms with Crippen molar-refractivity contribution in [3.05, 3.63) is 65.8 Å². The molecule has 6 nitrogen and oxygen atoms in total. The molecule has 23 heavy (non-hydrogen) atoms. The van der Waals surface area contributed by atoms with Crippen LogP contribution in [0.2, 0.25) is 0 Å². The molecule has 0 bridgehead atoms. The minimum absolute atomic E-state index is 0.0399. The van der Waals surface area contributed by atoms with Crippen LogP contribution in [0.3, 0.4) is 0 Å². The fraction of sp³-hybridized carbons (Fsp3) is 0.353. The van der Waals surface area contributed by atoms with Gasteiger partial charge >= 0.3 is 0 Å². The Morgan fingerprint density at radius 3 is 2.74 bits per heavy atom. The number of nitrogens with zero attached hydrogens (tertiary/aromatic N) is 5. The number of rotatable bonds is 6. The van der Waals surface area contributed by atoms with E-state index in [1.165, 1.54) is 5.56 Å². The first-order valence-corrected chi connectivity index (χ1v) is 7.68. The van der Waals surface area contributed by atoms with Gasteiger partial charge in [-0.25, -0.2) is 4.98 Å². The fourth-order valence-corrected chi connectivity index (χ4v) is 2.45. The van der Waals surface area contributed by atoms with E-state index in [-0.39, 0.29) is 6.04 Å². The lowest BCUT2D eigenvalue weighted by molar-refractivity contribution is 0.197. The highest BCUT2D eigenvalue weighted by molar-refractivity contribution is 5.15. The number of hydrogen-bond donors (Lipinski definition) is 0. The predicted molar refractivity (Wildman–Crippen MR) is 86.7 cm³/mol. The number of hydrogen-bond acceptors (Lipinski definition) is 5. The second-order valence-corrected chi connectivity index (χ2v) is 5.73. The second-order valence-electron chi connectivity index (χ2n) is 5.73. The van der Waals surface area contributed by atoms with E-state index in [2.05, 4.69) is 55.8 Å². The van der Waals surface area contributed by atoms with Gasteiger partial charge in [-0.15, -0.1) is 0 Å². The van der Waals surface area contributed by atoms with Crippen molar-refractivity contribution in [2.45, 2.75) is 33.0 Å². The van der Waals surface area contributed by atoms with Crippen LogP contribution in [0.5, 0.6) is 0 Å². The molecule has 0 saturated carbocycles. The summed E-state index contributed by atoms with van der Waals surface area (Å²) in [6.07, 6.45) is 3.85. The molecule has 0 aliphatic carbocycles. The molecule has 0 aliphatic heterocycles. The lowest BCUT2D eigenvalue weighted by atomic mass is 10.2. The zero-order valence-corrected chi connectivity index (χ0v) is 13.7. The molecule has 0 spiro atoms. The molecule has 0 N–H and O–H groups in total. The largest absolute Gasteiger partial charge is 0.338 e. The number of imidazole rings is 1. The molecule has 2 heterocycles. The molecule has 0 fully saturated rings. The molecule has 1 aromatic carbocycles. The maximum Gasteiger partial charge on any atom is 0.243 e. The summed E-state index contributed by atoms with van der Waals surface area (Å²) in [4.78, 5) is 10.9. The molecule has 3 aromatic rings. The average Bonchev–Trinajstić information content (AvgIpc) is 3.17. The Hall–Kier alpha value is -2.47. The van der Waals surface area contributed by atoms with Gasteiger partial charge in [0.2, 0.25) is 5.89 Å². The van der Waals surface area contributed by atoms with Gasteiger partial charge in [0.25, 0.3) is 0 Å². The van der Waals surface area contributed by atoms with Crippen molar-refractivity contribution in [2.75, 3.05) is 7.05 Å². The van der Waals surface area contributed by atoms with Crippen molar-refractivity contribution < 1.29 is 4.52 Å². The van der Waals surface area contributed by atoms with E-state index in [1.54, 1.807) is 0 Å². The Morgan fingerprint density at radius 2 is 2.04 bits per heavy atom. The predicted octanol–water partition coefficient (Wildman–Crippen LogP) is 2.82. The molecular weight excluding hydrogens is 290 g/mol. The molecule has 120 valence electrons. The van der Waals surface area contributed by atoms with Crippen LogP contribution in [0.25, 0.3) is 0 Å². The molecule has 0 radical (unpaired) electrons. The summed E-state index contributed by atoms with van der Waals surface area (Å²) in [5.74, 6) is 2.30. The first-order valence-electron chi connectivity index (χ1n) is 7.68. The van der Waals surface area contributed by atoms with Crippen molar-refractivity contribution in [1.29, 1.82) is 0 Å². The van der Waals surface area contributed by atoms with Gasteiger partial charge in [-0.1, -0.05) is 35.5 Å². The minimum atomic E-state index is 0.0399. The summed E-state index contributed by atoms with van der Waals surface area (Å²) in [5.41, 5.74) is 1.26. The quantitative estimate of drug-likeness (QED) is 0.700. The van der Waals surface area contributed by atoms with E-state index in [0.717, 1.165) is 12.4 Å². The first kappa shape index (κ1) is 15.4. The first-order chi connectivity index (χ1) is 11.1. The Bertz CT molecular complexity index is 749. The second kappa shape index (κ2) is 6.75. The smallest absolute Gasteiger partial charge is 0.243 e. The molecule has 0 amide bonds. The molecule has 0 saturated heterocycles. The Kier molecular flexibility index (Phi) is 4.52. The van der Waals surface area contributed by atoms with Crippen LogP contribution in [-0.4, -0.2) is 31.6 Å². The van der Waals surface area contributed by atoms with Crippen LogP contribution in [0.4, 0.5) is 0 Å². The van der Waals surface area contributed by atoms with E-state index >= 15 is 0 Å². The summed E-state index contributed by atoms with van der Waals surface area (Å²) < 4.78 is 7.43. The molecule has 2 aromatic heterocycles. The van der Waals surface area contributed by atoms with Crippen molar-refractivity contribution >= 4 is 0 Å². The number of benzene rings is 1. The Balaban J connectivity index is 1.69. The van der Waals surface area contributed by atoms with Gasteiger partial charge in [-0.2, -0.15) is 4.98 Å². The topological polar surface area (TPSA) is 60.0 Å².